The van der Waals surface area contributed by atoms with Crippen molar-refractivity contribution in [2.24, 2.45) is 0 Å². The van der Waals surface area contributed by atoms with Crippen molar-refractivity contribution in [3.8, 4) is 0 Å². The number of hydrogen-bond acceptors (Lipinski definition) is 5. The molecule has 6 heteroatoms. The van der Waals surface area contributed by atoms with Gasteiger partial charge in [0, 0.05) is 6.61 Å². The summed E-state index contributed by atoms with van der Waals surface area (Å²) in [6, 6.07) is 0. The second-order valence-electron chi connectivity index (χ2n) is 7.26. The molecule has 0 atom stereocenters. The Hall–Kier alpha value is -0.320. The molecule has 0 fully saturated rings. The molecule has 0 radical (unpaired) electrons. The summed E-state index contributed by atoms with van der Waals surface area (Å²) in [5, 5.41) is 0. The molecule has 0 aliphatic rings. The molecule has 0 aromatic carbocycles. The monoisotopic (exact) mass is 405 g/mol. The molecule has 0 saturated carbocycles. The molecule has 0 heterocycles. The Balaban J connectivity index is 3.19. The van der Waals surface area contributed by atoms with Crippen LogP contribution in [-0.2, 0) is 9.53 Å². The highest BCUT2D eigenvalue weighted by Gasteiger charge is 2.41. The van der Waals surface area contributed by atoms with E-state index in [0.717, 1.165) is 12.8 Å². The van der Waals surface area contributed by atoms with Crippen molar-refractivity contribution in [1.82, 2.24) is 0 Å². The minimum Gasteiger partial charge on any atom is -0.381 e. The standard InChI is InChI=1S/C21H42O5P/c1-2-3-4-5-6-7-8-9-10-11-12-13-14-15-16-17-19-26-20-18-21(22)27(23,24)25/h9-10,23-25H,2-8,11-20H2,1H3/q+1. The highest BCUT2D eigenvalue weighted by molar-refractivity contribution is 7.76. The number of ether oxygens (including phenoxy) is 1. The molecule has 27 heavy (non-hydrogen) atoms. The van der Waals surface area contributed by atoms with Crippen LogP contribution in [0.3, 0.4) is 0 Å². The van der Waals surface area contributed by atoms with Gasteiger partial charge in [0.2, 0.25) is 0 Å². The Morgan fingerprint density at radius 2 is 1.22 bits per heavy atom. The lowest BCUT2D eigenvalue weighted by molar-refractivity contribution is -0.115. The van der Waals surface area contributed by atoms with Crippen molar-refractivity contribution in [2.75, 3.05) is 13.2 Å². The van der Waals surface area contributed by atoms with Crippen LogP contribution in [0.1, 0.15) is 103 Å². The van der Waals surface area contributed by atoms with Gasteiger partial charge in [0.25, 0.3) is 0 Å². The van der Waals surface area contributed by atoms with Crippen LogP contribution in [0.25, 0.3) is 0 Å². The van der Waals surface area contributed by atoms with Crippen molar-refractivity contribution >= 4 is 13.5 Å². The SMILES string of the molecule is CCCCCCCCC=CCCCCCCCCOCCC(=O)[P+](O)(O)O. The predicted molar refractivity (Wildman–Crippen MR) is 113 cm³/mol. The van der Waals surface area contributed by atoms with Crippen LogP contribution < -0.4 is 0 Å². The van der Waals surface area contributed by atoms with Gasteiger partial charge in [-0.05, 0) is 32.1 Å². The third-order valence-electron chi connectivity index (χ3n) is 4.60. The van der Waals surface area contributed by atoms with Crippen molar-refractivity contribution in [3.63, 3.8) is 0 Å². The highest BCUT2D eigenvalue weighted by atomic mass is 31.2. The molecule has 0 rings (SSSR count). The molecule has 0 aliphatic heterocycles. The van der Waals surface area contributed by atoms with E-state index in [2.05, 4.69) is 19.1 Å². The Labute approximate surface area is 166 Å². The fraction of sp³-hybridized carbons (Fsp3) is 0.857. The van der Waals surface area contributed by atoms with E-state index in [1.54, 1.807) is 0 Å². The third kappa shape index (κ3) is 20.2. The van der Waals surface area contributed by atoms with E-state index < -0.39 is 13.5 Å². The van der Waals surface area contributed by atoms with E-state index >= 15 is 0 Å². The van der Waals surface area contributed by atoms with E-state index in [0.29, 0.717) is 6.61 Å². The largest absolute Gasteiger partial charge is 0.478 e. The maximum Gasteiger partial charge on any atom is 0.478 e. The van der Waals surface area contributed by atoms with Gasteiger partial charge in [0.05, 0.1) is 13.0 Å². The molecule has 160 valence electrons. The zero-order valence-corrected chi connectivity index (χ0v) is 18.2. The van der Waals surface area contributed by atoms with Crippen molar-refractivity contribution in [1.29, 1.82) is 0 Å². The van der Waals surface area contributed by atoms with Crippen LogP contribution in [0.5, 0.6) is 0 Å². The summed E-state index contributed by atoms with van der Waals surface area (Å²) in [5.41, 5.74) is -0.927. The number of unbranched alkanes of at least 4 members (excludes halogenated alkanes) is 12. The number of hydrogen-bond donors (Lipinski definition) is 3. The van der Waals surface area contributed by atoms with Gasteiger partial charge in [-0.3, -0.25) is 0 Å². The summed E-state index contributed by atoms with van der Waals surface area (Å²) in [6.07, 6.45) is 22.2. The maximum absolute atomic E-state index is 11.1. The second-order valence-corrected chi connectivity index (χ2v) is 8.90. The zero-order valence-electron chi connectivity index (χ0n) is 17.3. The van der Waals surface area contributed by atoms with E-state index in [4.69, 9.17) is 19.4 Å². The van der Waals surface area contributed by atoms with Crippen LogP contribution >= 0.6 is 7.94 Å². The average Bonchev–Trinajstić information content (AvgIpc) is 2.62. The fourth-order valence-electron chi connectivity index (χ4n) is 2.86. The van der Waals surface area contributed by atoms with E-state index in [-0.39, 0.29) is 13.0 Å². The molecule has 3 N–H and O–H groups in total. The fourth-order valence-corrected chi connectivity index (χ4v) is 3.25. The van der Waals surface area contributed by atoms with Crippen molar-refractivity contribution in [3.05, 3.63) is 12.2 Å². The first-order valence-electron chi connectivity index (χ1n) is 10.8. The first kappa shape index (κ1) is 26.7. The van der Waals surface area contributed by atoms with Crippen LogP contribution in [0.2, 0.25) is 0 Å². The summed E-state index contributed by atoms with van der Waals surface area (Å²) < 4.78 is 5.27. The van der Waals surface area contributed by atoms with Gasteiger partial charge in [-0.1, -0.05) is 76.9 Å². The number of rotatable bonds is 20. The molecule has 0 amide bonds. The normalized spacial score (nSPS) is 12.1. The summed E-state index contributed by atoms with van der Waals surface area (Å²) in [4.78, 5) is 37.3. The number of carbonyl (C=O) groups is 1. The summed E-state index contributed by atoms with van der Waals surface area (Å²) >= 11 is 0. The van der Waals surface area contributed by atoms with Crippen LogP contribution in [0, 0.1) is 0 Å². The van der Waals surface area contributed by atoms with Gasteiger partial charge in [-0.25, -0.2) is 4.79 Å². The minimum absolute atomic E-state index is 0.132. The minimum atomic E-state index is -4.32. The Bertz CT molecular complexity index is 366. The molecule has 5 nitrogen and oxygen atoms in total. The first-order valence-corrected chi connectivity index (χ1v) is 12.5. The lowest BCUT2D eigenvalue weighted by Crippen LogP contribution is -2.09. The Morgan fingerprint density at radius 1 is 0.741 bits per heavy atom. The van der Waals surface area contributed by atoms with Gasteiger partial charge in [0.15, 0.2) is 0 Å². The molecule has 0 unspecified atom stereocenters. The highest BCUT2D eigenvalue weighted by Crippen LogP contribution is 2.46. The van der Waals surface area contributed by atoms with Gasteiger partial charge in [0.1, 0.15) is 0 Å². The van der Waals surface area contributed by atoms with Crippen LogP contribution in [0.4, 0.5) is 0 Å². The lowest BCUT2D eigenvalue weighted by Gasteiger charge is -2.04. The number of carbonyl (C=O) groups excluding carboxylic acids is 1. The molecule has 0 spiro atoms. The summed E-state index contributed by atoms with van der Waals surface area (Å²) in [7, 11) is -4.32. The topological polar surface area (TPSA) is 87.0 Å². The predicted octanol–water partition coefficient (Wildman–Crippen LogP) is 5.70. The Kier molecular flexibility index (Phi) is 18.8. The molecule has 0 bridgehead atoms. The van der Waals surface area contributed by atoms with Gasteiger partial charge in [-0.2, -0.15) is 14.7 Å². The third-order valence-corrected chi connectivity index (χ3v) is 5.49. The smallest absolute Gasteiger partial charge is 0.381 e. The second kappa shape index (κ2) is 19.0. The Morgan fingerprint density at radius 3 is 1.74 bits per heavy atom. The van der Waals surface area contributed by atoms with E-state index in [1.165, 1.54) is 77.0 Å². The summed E-state index contributed by atoms with van der Waals surface area (Å²) in [5.74, 6) is 0. The molecule has 0 aromatic rings. The van der Waals surface area contributed by atoms with Gasteiger partial charge in [-0.15, -0.1) is 0 Å². The molecule has 0 saturated heterocycles. The molecular weight excluding hydrogens is 363 g/mol. The molecule has 0 aliphatic carbocycles. The van der Waals surface area contributed by atoms with Gasteiger partial charge < -0.3 is 4.74 Å². The molecule has 0 aromatic heterocycles. The van der Waals surface area contributed by atoms with E-state index in [1.807, 2.05) is 0 Å². The summed E-state index contributed by atoms with van der Waals surface area (Å²) in [6.45, 7) is 2.96. The average molecular weight is 406 g/mol. The van der Waals surface area contributed by atoms with Crippen LogP contribution in [-0.4, -0.2) is 33.4 Å². The first-order chi connectivity index (χ1) is 13.0. The quantitative estimate of drug-likeness (QED) is 0.137. The number of allylic oxidation sites excluding steroid dienone is 2. The van der Waals surface area contributed by atoms with Crippen molar-refractivity contribution < 1.29 is 24.2 Å². The van der Waals surface area contributed by atoms with Crippen molar-refractivity contribution in [2.45, 2.75) is 103 Å². The zero-order chi connectivity index (χ0) is 20.2. The van der Waals surface area contributed by atoms with E-state index in [9.17, 15) is 4.79 Å². The lowest BCUT2D eigenvalue weighted by atomic mass is 10.1. The van der Waals surface area contributed by atoms with Gasteiger partial charge >= 0.3 is 13.5 Å². The molecular formula is C21H42O5P+. The maximum atomic E-state index is 11.1. The van der Waals surface area contributed by atoms with Crippen LogP contribution in [0.15, 0.2) is 12.2 Å².